The van der Waals surface area contributed by atoms with Crippen molar-refractivity contribution in [3.63, 3.8) is 0 Å². The average molecular weight is 543 g/mol. The molecule has 2 aromatic heterocycles. The van der Waals surface area contributed by atoms with E-state index >= 15 is 0 Å². The summed E-state index contributed by atoms with van der Waals surface area (Å²) in [6.45, 7) is 2.72. The first-order valence-corrected chi connectivity index (χ1v) is 12.8. The number of nitrogens with two attached hydrogens (primary N) is 1. The molecule has 3 aromatic rings. The number of nitrogens with zero attached hydrogens (tertiary/aromatic N) is 2. The van der Waals surface area contributed by atoms with E-state index in [1.165, 1.54) is 6.20 Å². The van der Waals surface area contributed by atoms with Gasteiger partial charge in [-0.15, -0.1) is 0 Å². The summed E-state index contributed by atoms with van der Waals surface area (Å²) in [6, 6.07) is 5.34. The van der Waals surface area contributed by atoms with Crippen molar-refractivity contribution < 1.29 is 32.5 Å². The predicted octanol–water partition coefficient (Wildman–Crippen LogP) is 4.18. The second-order valence-corrected chi connectivity index (χ2v) is 10.1. The second-order valence-electron chi connectivity index (χ2n) is 10.1. The fourth-order valence-electron chi connectivity index (χ4n) is 5.27. The van der Waals surface area contributed by atoms with Gasteiger partial charge in [-0.2, -0.15) is 0 Å². The quantitative estimate of drug-likeness (QED) is 0.428. The molecule has 5 atom stereocenters. The topological polar surface area (TPSA) is 120 Å². The molecule has 1 saturated carbocycles. The van der Waals surface area contributed by atoms with Crippen LogP contribution in [-0.4, -0.2) is 52.4 Å². The number of aliphatic hydroxyl groups is 1. The van der Waals surface area contributed by atoms with Gasteiger partial charge in [0.15, 0.2) is 0 Å². The number of ether oxygens (including phenoxy) is 2. The summed E-state index contributed by atoms with van der Waals surface area (Å²) in [5, 5.41) is 13.0. The Balaban J connectivity index is 1.39. The molecular formula is C28H29F3N4O4. The van der Waals surface area contributed by atoms with Crippen LogP contribution in [0.5, 0.6) is 5.75 Å². The maximum Gasteiger partial charge on any atom is 0.274 e. The molecule has 1 amide bonds. The largest absolute Gasteiger partial charge is 0.488 e. The lowest BCUT2D eigenvalue weighted by atomic mass is 9.74. The minimum atomic E-state index is -1.08. The second kappa shape index (κ2) is 11.3. The molecule has 3 heterocycles. The third-order valence-corrected chi connectivity index (χ3v) is 7.30. The molecule has 11 heteroatoms. The number of hydrogen-bond donors (Lipinski definition) is 3. The number of aliphatic hydroxyl groups excluding tert-OH is 1. The van der Waals surface area contributed by atoms with E-state index in [2.05, 4.69) is 15.3 Å². The zero-order valence-electron chi connectivity index (χ0n) is 21.2. The van der Waals surface area contributed by atoms with Gasteiger partial charge >= 0.3 is 0 Å². The monoisotopic (exact) mass is 542 g/mol. The number of amides is 1. The number of nitrogens with one attached hydrogen (secondary N) is 1. The summed E-state index contributed by atoms with van der Waals surface area (Å²) in [5.74, 6) is -3.97. The van der Waals surface area contributed by atoms with E-state index in [9.17, 15) is 23.1 Å². The molecule has 0 spiro atoms. The first-order valence-electron chi connectivity index (χ1n) is 12.8. The van der Waals surface area contributed by atoms with Crippen LogP contribution in [0, 0.1) is 23.4 Å². The number of anilines is 1. The molecular weight excluding hydrogens is 513 g/mol. The van der Waals surface area contributed by atoms with E-state index in [1.807, 2.05) is 6.92 Å². The lowest BCUT2D eigenvalue weighted by Crippen LogP contribution is -2.44. The summed E-state index contributed by atoms with van der Waals surface area (Å²) in [7, 11) is 0. The average Bonchev–Trinajstić information content (AvgIpc) is 3.41. The number of carbonyl (C=O) groups excluding carboxylic acids is 1. The number of halogens is 3. The highest BCUT2D eigenvalue weighted by Gasteiger charge is 2.34. The van der Waals surface area contributed by atoms with Gasteiger partial charge in [-0.05, 0) is 48.4 Å². The number of hydrogen-bond acceptors (Lipinski definition) is 7. The zero-order valence-corrected chi connectivity index (χ0v) is 21.2. The van der Waals surface area contributed by atoms with Crippen LogP contribution in [0.4, 0.5) is 18.9 Å². The van der Waals surface area contributed by atoms with E-state index in [4.69, 9.17) is 15.2 Å². The molecule has 2 fully saturated rings. The van der Waals surface area contributed by atoms with Crippen molar-refractivity contribution >= 4 is 11.6 Å². The van der Waals surface area contributed by atoms with Crippen molar-refractivity contribution in [2.45, 2.75) is 50.4 Å². The van der Waals surface area contributed by atoms with Crippen molar-refractivity contribution in [2.24, 2.45) is 11.7 Å². The molecule has 0 radical (unpaired) electrons. The molecule has 2 aliphatic rings. The van der Waals surface area contributed by atoms with E-state index in [1.54, 1.807) is 12.3 Å². The number of pyridine rings is 2. The highest BCUT2D eigenvalue weighted by atomic mass is 19.1. The first-order chi connectivity index (χ1) is 18.7. The fourth-order valence-corrected chi connectivity index (χ4v) is 5.27. The molecule has 1 saturated heterocycles. The van der Waals surface area contributed by atoms with Crippen LogP contribution >= 0.6 is 0 Å². The van der Waals surface area contributed by atoms with Crippen molar-refractivity contribution in [2.75, 3.05) is 18.5 Å². The Morgan fingerprint density at radius 2 is 1.92 bits per heavy atom. The summed E-state index contributed by atoms with van der Waals surface area (Å²) in [6.07, 6.45) is 3.90. The zero-order chi connectivity index (χ0) is 27.7. The molecule has 1 aliphatic carbocycles. The van der Waals surface area contributed by atoms with E-state index in [-0.39, 0.29) is 29.4 Å². The van der Waals surface area contributed by atoms with Crippen LogP contribution in [0.3, 0.4) is 0 Å². The van der Waals surface area contributed by atoms with Crippen molar-refractivity contribution in [1.82, 2.24) is 9.97 Å². The van der Waals surface area contributed by atoms with Crippen LogP contribution in [0.1, 0.15) is 48.2 Å². The van der Waals surface area contributed by atoms with Gasteiger partial charge < -0.3 is 25.6 Å². The molecule has 1 unspecified atom stereocenters. The van der Waals surface area contributed by atoms with Gasteiger partial charge in [0, 0.05) is 30.8 Å². The van der Waals surface area contributed by atoms with Crippen molar-refractivity contribution in [3.8, 4) is 17.0 Å². The van der Waals surface area contributed by atoms with Gasteiger partial charge in [-0.3, -0.25) is 9.78 Å². The third kappa shape index (κ3) is 5.75. The summed E-state index contributed by atoms with van der Waals surface area (Å²) >= 11 is 0. The summed E-state index contributed by atoms with van der Waals surface area (Å²) in [5.41, 5.74) is 5.73. The molecule has 1 aromatic carbocycles. The van der Waals surface area contributed by atoms with Crippen molar-refractivity contribution in [1.29, 1.82) is 0 Å². The van der Waals surface area contributed by atoms with Crippen LogP contribution in [0.25, 0.3) is 11.3 Å². The Hall–Kier alpha value is -3.54. The third-order valence-electron chi connectivity index (χ3n) is 7.30. The smallest absolute Gasteiger partial charge is 0.274 e. The van der Waals surface area contributed by atoms with E-state index in [0.29, 0.717) is 38.2 Å². The fraction of sp³-hybridized carbons (Fsp3) is 0.393. The summed E-state index contributed by atoms with van der Waals surface area (Å²) in [4.78, 5) is 21.2. The molecule has 5 rings (SSSR count). The van der Waals surface area contributed by atoms with Gasteiger partial charge in [0.1, 0.15) is 40.7 Å². The highest BCUT2D eigenvalue weighted by molar-refractivity contribution is 6.03. The maximum absolute atomic E-state index is 15.0. The Morgan fingerprint density at radius 3 is 2.62 bits per heavy atom. The molecule has 206 valence electrons. The van der Waals surface area contributed by atoms with Crippen LogP contribution in [-0.2, 0) is 4.74 Å². The normalized spacial score (nSPS) is 24.9. The molecule has 8 nitrogen and oxygen atoms in total. The lowest BCUT2D eigenvalue weighted by molar-refractivity contribution is 0.0521. The Bertz CT molecular complexity index is 1330. The van der Waals surface area contributed by atoms with E-state index in [0.717, 1.165) is 29.8 Å². The maximum atomic E-state index is 15.0. The molecule has 0 bridgehead atoms. The van der Waals surface area contributed by atoms with Gasteiger partial charge in [0.25, 0.3) is 5.91 Å². The summed E-state index contributed by atoms with van der Waals surface area (Å²) < 4.78 is 55.5. The van der Waals surface area contributed by atoms with E-state index < -0.39 is 46.8 Å². The standard InChI is InChI=1S/C28H29F3N4O4/c1-14-8-15(9-22(32)27(14)36)18-4-6-33-12-24(18)35-28(37)23-3-2-19(29)26(34-23)25-20(30)10-17(11-21(25)31)39-16-5-7-38-13-16/h2-4,6,10-12,14-16,22,27,36H,5,7-9,13,32H2,1H3,(H,35,37)/t14-,15+,16?,22+,27+/m0/s1. The SMILES string of the molecule is C[C@H]1C[C@@H](c2ccncc2NC(=O)c2ccc(F)c(-c3c(F)cc(OC4CCOC4)cc3F)n2)C[C@@H](N)[C@@H]1O. The van der Waals surface area contributed by atoms with Gasteiger partial charge in [0.2, 0.25) is 0 Å². The number of aromatic nitrogens is 2. The Kier molecular flexibility index (Phi) is 7.83. The molecule has 4 N–H and O–H groups in total. The van der Waals surface area contributed by atoms with Crippen LogP contribution in [0.2, 0.25) is 0 Å². The number of benzene rings is 1. The van der Waals surface area contributed by atoms with Gasteiger partial charge in [0.05, 0.1) is 36.8 Å². The van der Waals surface area contributed by atoms with Crippen molar-refractivity contribution in [3.05, 3.63) is 71.4 Å². The first kappa shape index (κ1) is 27.0. The molecule has 39 heavy (non-hydrogen) atoms. The lowest BCUT2D eigenvalue weighted by Gasteiger charge is -2.36. The minimum Gasteiger partial charge on any atom is -0.488 e. The Labute approximate surface area is 223 Å². The van der Waals surface area contributed by atoms with Gasteiger partial charge in [-0.1, -0.05) is 6.92 Å². The minimum absolute atomic E-state index is 0.0341. The molecule has 1 aliphatic heterocycles. The number of rotatable bonds is 6. The predicted molar refractivity (Wildman–Crippen MR) is 137 cm³/mol. The van der Waals surface area contributed by atoms with Gasteiger partial charge in [-0.25, -0.2) is 18.2 Å². The van der Waals surface area contributed by atoms with Crippen LogP contribution in [0.15, 0.2) is 42.7 Å². The highest BCUT2D eigenvalue weighted by Crippen LogP contribution is 2.39. The Morgan fingerprint density at radius 1 is 1.15 bits per heavy atom. The van der Waals surface area contributed by atoms with Crippen LogP contribution < -0.4 is 15.8 Å². The number of carbonyl (C=O) groups is 1.